The zero-order valence-corrected chi connectivity index (χ0v) is 13.3. The Balaban J connectivity index is 2.24. The highest BCUT2D eigenvalue weighted by Gasteiger charge is 2.26. The lowest BCUT2D eigenvalue weighted by atomic mass is 10.3. The molecule has 6 nitrogen and oxygen atoms in total. The number of carbonyl (C=O) groups excluding carboxylic acids is 1. The van der Waals surface area contributed by atoms with Gasteiger partial charge in [0.05, 0.1) is 28.3 Å². The number of halogens is 3. The number of rotatable bonds is 4. The molecule has 0 aromatic carbocycles. The third kappa shape index (κ3) is 2.83. The third-order valence-corrected chi connectivity index (χ3v) is 4.01. The van der Waals surface area contributed by atoms with Gasteiger partial charge in [0.25, 0.3) is 6.43 Å². The van der Waals surface area contributed by atoms with Gasteiger partial charge in [0.2, 0.25) is 5.91 Å². The molecule has 1 N–H and O–H groups in total. The van der Waals surface area contributed by atoms with Crippen molar-refractivity contribution in [1.82, 2.24) is 19.6 Å². The van der Waals surface area contributed by atoms with Crippen molar-refractivity contribution in [2.75, 3.05) is 5.32 Å². The molecule has 2 aromatic rings. The summed E-state index contributed by atoms with van der Waals surface area (Å²) in [6.45, 7) is 4.91. The number of nitrogens with zero attached hydrogens (tertiary/aromatic N) is 4. The molecule has 0 fully saturated rings. The quantitative estimate of drug-likeness (QED) is 0.936. The Kier molecular flexibility index (Phi) is 4.50. The van der Waals surface area contributed by atoms with Crippen molar-refractivity contribution in [3.63, 3.8) is 0 Å². The Labute approximate surface area is 131 Å². The first-order valence-corrected chi connectivity index (χ1v) is 6.94. The van der Waals surface area contributed by atoms with Gasteiger partial charge < -0.3 is 5.32 Å². The molecule has 0 aliphatic heterocycles. The second-order valence-electron chi connectivity index (χ2n) is 4.96. The molecule has 0 aliphatic rings. The van der Waals surface area contributed by atoms with E-state index < -0.39 is 18.2 Å². The number of hydrogen-bond donors (Lipinski definition) is 1. The van der Waals surface area contributed by atoms with Crippen LogP contribution in [0.2, 0.25) is 5.02 Å². The highest BCUT2D eigenvalue weighted by atomic mass is 35.5. The van der Waals surface area contributed by atoms with E-state index in [-0.39, 0.29) is 10.9 Å². The lowest BCUT2D eigenvalue weighted by molar-refractivity contribution is -0.119. The maximum absolute atomic E-state index is 12.8. The van der Waals surface area contributed by atoms with E-state index in [0.717, 1.165) is 5.69 Å². The Morgan fingerprint density at radius 2 is 2.00 bits per heavy atom. The molecule has 0 radical (unpaired) electrons. The fourth-order valence-electron chi connectivity index (χ4n) is 2.01. The van der Waals surface area contributed by atoms with Crippen molar-refractivity contribution in [2.45, 2.75) is 33.2 Å². The van der Waals surface area contributed by atoms with Crippen LogP contribution in [0.3, 0.4) is 0 Å². The zero-order valence-electron chi connectivity index (χ0n) is 12.6. The molecule has 1 amide bonds. The van der Waals surface area contributed by atoms with Gasteiger partial charge in [0.1, 0.15) is 11.7 Å². The third-order valence-electron chi connectivity index (χ3n) is 3.55. The molecular formula is C13H16ClF2N5O. The number of alkyl halides is 2. The molecule has 0 saturated carbocycles. The van der Waals surface area contributed by atoms with Crippen LogP contribution in [0.1, 0.15) is 36.5 Å². The summed E-state index contributed by atoms with van der Waals surface area (Å²) in [7, 11) is 1.75. The molecule has 0 bridgehead atoms. The normalized spacial score (nSPS) is 12.7. The maximum atomic E-state index is 12.8. The van der Waals surface area contributed by atoms with E-state index in [0.29, 0.717) is 11.4 Å². The van der Waals surface area contributed by atoms with Crippen molar-refractivity contribution in [1.29, 1.82) is 0 Å². The lowest BCUT2D eigenvalue weighted by Crippen LogP contribution is -2.25. The molecule has 22 heavy (non-hydrogen) atoms. The number of aryl methyl sites for hydroxylation is 1. The van der Waals surface area contributed by atoms with E-state index in [2.05, 4.69) is 15.5 Å². The predicted octanol–water partition coefficient (Wildman–Crippen LogP) is 3.02. The minimum Gasteiger partial charge on any atom is -0.321 e. The predicted molar refractivity (Wildman–Crippen MR) is 78.2 cm³/mol. The van der Waals surface area contributed by atoms with Gasteiger partial charge in [-0.15, -0.1) is 0 Å². The summed E-state index contributed by atoms with van der Waals surface area (Å²) < 4.78 is 28.4. The van der Waals surface area contributed by atoms with Crippen molar-refractivity contribution in [3.05, 3.63) is 28.3 Å². The van der Waals surface area contributed by atoms with Crippen LogP contribution in [0.4, 0.5) is 14.5 Å². The summed E-state index contributed by atoms with van der Waals surface area (Å²) in [5, 5.41) is 10.4. The average molecular weight is 332 g/mol. The van der Waals surface area contributed by atoms with Crippen LogP contribution in [-0.4, -0.2) is 25.5 Å². The number of hydrogen-bond acceptors (Lipinski definition) is 3. The van der Waals surface area contributed by atoms with Crippen LogP contribution in [0.5, 0.6) is 0 Å². The lowest BCUT2D eigenvalue weighted by Gasteiger charge is -2.14. The standard InChI is InChI=1S/C13H16ClF2N5O/c1-6-9(5-17-20(6)4)18-13(22)8(3)21-7(2)10(14)11(19-21)12(15)16/h5,8,12H,1-4H3,(H,18,22). The minimum atomic E-state index is -2.79. The molecule has 0 spiro atoms. The van der Waals surface area contributed by atoms with Gasteiger partial charge in [-0.05, 0) is 20.8 Å². The number of carbonyl (C=O) groups is 1. The average Bonchev–Trinajstić information content (AvgIpc) is 2.93. The molecule has 2 heterocycles. The van der Waals surface area contributed by atoms with Gasteiger partial charge in [-0.2, -0.15) is 10.2 Å². The second-order valence-corrected chi connectivity index (χ2v) is 5.34. The van der Waals surface area contributed by atoms with Crippen LogP contribution in [0.25, 0.3) is 0 Å². The van der Waals surface area contributed by atoms with Crippen LogP contribution in [-0.2, 0) is 11.8 Å². The Morgan fingerprint density at radius 1 is 1.36 bits per heavy atom. The summed E-state index contributed by atoms with van der Waals surface area (Å²) >= 11 is 5.84. The van der Waals surface area contributed by atoms with Crippen molar-refractivity contribution in [3.8, 4) is 0 Å². The second kappa shape index (κ2) is 6.04. The Hall–Kier alpha value is -1.96. The van der Waals surface area contributed by atoms with Crippen molar-refractivity contribution < 1.29 is 13.6 Å². The minimum absolute atomic E-state index is 0.118. The molecular weight excluding hydrogens is 316 g/mol. The van der Waals surface area contributed by atoms with Crippen LogP contribution in [0.15, 0.2) is 6.20 Å². The molecule has 0 saturated heterocycles. The molecule has 120 valence electrons. The van der Waals surface area contributed by atoms with E-state index in [9.17, 15) is 13.6 Å². The Morgan fingerprint density at radius 3 is 2.45 bits per heavy atom. The van der Waals surface area contributed by atoms with E-state index in [4.69, 9.17) is 11.6 Å². The highest BCUT2D eigenvalue weighted by molar-refractivity contribution is 6.31. The van der Waals surface area contributed by atoms with Gasteiger partial charge in [-0.3, -0.25) is 14.2 Å². The summed E-state index contributed by atoms with van der Waals surface area (Å²) in [4.78, 5) is 12.3. The van der Waals surface area contributed by atoms with Crippen molar-refractivity contribution >= 4 is 23.2 Å². The van der Waals surface area contributed by atoms with E-state index in [1.165, 1.54) is 10.9 Å². The summed E-state index contributed by atoms with van der Waals surface area (Å²) in [6, 6.07) is -0.787. The summed E-state index contributed by atoms with van der Waals surface area (Å²) in [5.41, 5.74) is 1.15. The smallest absolute Gasteiger partial charge is 0.283 e. The van der Waals surface area contributed by atoms with Gasteiger partial charge in [0.15, 0.2) is 0 Å². The largest absolute Gasteiger partial charge is 0.321 e. The maximum Gasteiger partial charge on any atom is 0.283 e. The topological polar surface area (TPSA) is 64.7 Å². The molecule has 9 heteroatoms. The molecule has 1 atom stereocenters. The first kappa shape index (κ1) is 16.4. The number of aromatic nitrogens is 4. The van der Waals surface area contributed by atoms with E-state index in [1.54, 1.807) is 32.5 Å². The molecule has 2 aromatic heterocycles. The fraction of sp³-hybridized carbons (Fsp3) is 0.462. The molecule has 2 rings (SSSR count). The molecule has 0 aliphatic carbocycles. The van der Waals surface area contributed by atoms with Crippen molar-refractivity contribution in [2.24, 2.45) is 7.05 Å². The molecule has 1 unspecified atom stereocenters. The summed E-state index contributed by atoms with van der Waals surface area (Å²) in [6.07, 6.45) is -1.27. The van der Waals surface area contributed by atoms with Gasteiger partial charge in [-0.25, -0.2) is 8.78 Å². The SMILES string of the molecule is Cc1c(NC(=O)C(C)n2nc(C(F)F)c(Cl)c2C)cnn1C. The monoisotopic (exact) mass is 331 g/mol. The first-order chi connectivity index (χ1) is 10.2. The number of anilines is 1. The van der Waals surface area contributed by atoms with Crippen LogP contribution in [0, 0.1) is 13.8 Å². The highest BCUT2D eigenvalue weighted by Crippen LogP contribution is 2.30. The van der Waals surface area contributed by atoms with Gasteiger partial charge in [-0.1, -0.05) is 11.6 Å². The summed E-state index contributed by atoms with van der Waals surface area (Å²) in [5.74, 6) is -0.390. The van der Waals surface area contributed by atoms with Crippen LogP contribution < -0.4 is 5.32 Å². The fourth-order valence-corrected chi connectivity index (χ4v) is 2.21. The van der Waals surface area contributed by atoms with Gasteiger partial charge >= 0.3 is 0 Å². The van der Waals surface area contributed by atoms with E-state index >= 15 is 0 Å². The number of amides is 1. The van der Waals surface area contributed by atoms with Gasteiger partial charge in [0, 0.05) is 7.05 Å². The van der Waals surface area contributed by atoms with E-state index in [1.807, 2.05) is 0 Å². The zero-order chi connectivity index (χ0) is 16.6. The Bertz CT molecular complexity index is 710. The first-order valence-electron chi connectivity index (χ1n) is 6.56. The van der Waals surface area contributed by atoms with Crippen LogP contribution >= 0.6 is 11.6 Å². The number of nitrogens with one attached hydrogen (secondary N) is 1.